The molecule has 0 aromatic heterocycles. The maximum atomic E-state index is 12.6. The average Bonchev–Trinajstić information content (AvgIpc) is 3.22. The first kappa shape index (κ1) is 23.2. The van der Waals surface area contributed by atoms with Gasteiger partial charge in [0, 0.05) is 24.1 Å². The van der Waals surface area contributed by atoms with E-state index in [2.05, 4.69) is 5.32 Å². The van der Waals surface area contributed by atoms with E-state index in [4.69, 9.17) is 21.1 Å². The van der Waals surface area contributed by atoms with Gasteiger partial charge in [0.15, 0.2) is 12.4 Å². The normalized spacial score (nSPS) is 13.1. The van der Waals surface area contributed by atoms with Crippen molar-refractivity contribution in [1.29, 1.82) is 0 Å². The van der Waals surface area contributed by atoms with Gasteiger partial charge in [-0.15, -0.1) is 0 Å². The number of Topliss-reactive ketones (excluding diaryl/α,β-unsaturated/α-hetero) is 1. The Hall–Kier alpha value is -3.46. The van der Waals surface area contributed by atoms with Crippen LogP contribution in [0.1, 0.15) is 40.1 Å². The average molecular weight is 461 g/mol. The molecule has 2 aromatic carbocycles. The van der Waals surface area contributed by atoms with Crippen molar-refractivity contribution < 1.29 is 28.8 Å². The second-order valence-electron chi connectivity index (χ2n) is 7.57. The van der Waals surface area contributed by atoms with Crippen LogP contribution in [-0.2, 0) is 16.0 Å². The molecule has 3 rings (SSSR count). The highest BCUT2D eigenvalue weighted by atomic mass is 35.5. The minimum atomic E-state index is -1.05. The third kappa shape index (κ3) is 5.23. The number of amides is 1. The van der Waals surface area contributed by atoms with E-state index in [0.717, 1.165) is 23.4 Å². The zero-order valence-electron chi connectivity index (χ0n) is 17.4. The van der Waals surface area contributed by atoms with E-state index in [1.165, 1.54) is 6.07 Å². The lowest BCUT2D eigenvalue weighted by atomic mass is 10.0. The second kappa shape index (κ2) is 9.78. The number of hydrogen-bond donors (Lipinski definition) is 1. The summed E-state index contributed by atoms with van der Waals surface area (Å²) in [6.45, 7) is 3.49. The molecule has 0 saturated heterocycles. The van der Waals surface area contributed by atoms with Gasteiger partial charge < -0.3 is 14.8 Å². The molecule has 0 spiro atoms. The molecule has 1 aliphatic heterocycles. The quantitative estimate of drug-likeness (QED) is 0.277. The minimum Gasteiger partial charge on any atom is -0.493 e. The van der Waals surface area contributed by atoms with Gasteiger partial charge in [0.05, 0.1) is 22.1 Å². The smallest absolute Gasteiger partial charge is 0.329 e. The third-order valence-electron chi connectivity index (χ3n) is 4.97. The van der Waals surface area contributed by atoms with Crippen LogP contribution in [0.15, 0.2) is 36.4 Å². The zero-order valence-corrected chi connectivity index (χ0v) is 18.2. The van der Waals surface area contributed by atoms with Crippen LogP contribution < -0.4 is 10.1 Å². The fourth-order valence-electron chi connectivity index (χ4n) is 3.19. The van der Waals surface area contributed by atoms with Gasteiger partial charge in [0.2, 0.25) is 0 Å². The molecule has 0 fully saturated rings. The SMILES string of the molecule is CC(C)[C@H](NC(=O)c1ccc([N+](=O)[O-])cc1Cl)C(=O)OCC(=O)c1ccc2c(c1)CCO2. The number of nitrogens with one attached hydrogen (secondary N) is 1. The number of fused-ring (bicyclic) bond motifs is 1. The highest BCUT2D eigenvalue weighted by molar-refractivity contribution is 6.34. The van der Waals surface area contributed by atoms with Gasteiger partial charge in [-0.2, -0.15) is 0 Å². The van der Waals surface area contributed by atoms with Gasteiger partial charge in [0.25, 0.3) is 11.6 Å². The number of nitrogens with zero attached hydrogens (tertiary/aromatic N) is 1. The monoisotopic (exact) mass is 460 g/mol. The Morgan fingerprint density at radius 3 is 2.62 bits per heavy atom. The maximum absolute atomic E-state index is 12.6. The van der Waals surface area contributed by atoms with E-state index in [1.807, 2.05) is 0 Å². The molecule has 0 unspecified atom stereocenters. The zero-order chi connectivity index (χ0) is 23.4. The van der Waals surface area contributed by atoms with Crippen molar-refractivity contribution in [3.8, 4) is 5.75 Å². The Kier molecular flexibility index (Phi) is 7.09. The Labute approximate surface area is 188 Å². The fourth-order valence-corrected chi connectivity index (χ4v) is 3.45. The van der Waals surface area contributed by atoms with Crippen molar-refractivity contribution in [3.05, 3.63) is 68.2 Å². The summed E-state index contributed by atoms with van der Waals surface area (Å²) in [5.74, 6) is -1.45. The highest BCUT2D eigenvalue weighted by Crippen LogP contribution is 2.26. The molecule has 0 radical (unpaired) electrons. The number of rotatable bonds is 8. The summed E-state index contributed by atoms with van der Waals surface area (Å²) in [5, 5.41) is 13.2. The molecular formula is C22H21ClN2O7. The summed E-state index contributed by atoms with van der Waals surface area (Å²) in [6, 6.07) is 7.40. The van der Waals surface area contributed by atoms with E-state index in [9.17, 15) is 24.5 Å². The first-order chi connectivity index (χ1) is 15.2. The van der Waals surface area contributed by atoms with E-state index < -0.39 is 29.4 Å². The molecule has 1 atom stereocenters. The number of ketones is 1. The molecule has 10 heteroatoms. The molecule has 1 heterocycles. The maximum Gasteiger partial charge on any atom is 0.329 e. The number of nitro groups is 1. The molecule has 9 nitrogen and oxygen atoms in total. The number of hydrogen-bond acceptors (Lipinski definition) is 7. The predicted octanol–water partition coefficient (Wildman–Crippen LogP) is 3.36. The van der Waals surface area contributed by atoms with Gasteiger partial charge in [-0.05, 0) is 35.7 Å². The molecule has 32 heavy (non-hydrogen) atoms. The number of carbonyl (C=O) groups is 3. The van der Waals surface area contributed by atoms with Crippen molar-refractivity contribution in [3.63, 3.8) is 0 Å². The summed E-state index contributed by atoms with van der Waals surface area (Å²) in [6.07, 6.45) is 0.711. The summed E-state index contributed by atoms with van der Waals surface area (Å²) >= 11 is 5.99. The predicted molar refractivity (Wildman–Crippen MR) is 115 cm³/mol. The number of ether oxygens (including phenoxy) is 2. The summed E-state index contributed by atoms with van der Waals surface area (Å²) in [4.78, 5) is 47.8. The van der Waals surface area contributed by atoms with E-state index in [0.29, 0.717) is 18.6 Å². The Morgan fingerprint density at radius 1 is 1.22 bits per heavy atom. The fraction of sp³-hybridized carbons (Fsp3) is 0.318. The van der Waals surface area contributed by atoms with Crippen LogP contribution in [0.3, 0.4) is 0 Å². The standard InChI is InChI=1S/C22H21ClN2O7/c1-12(2)20(24-21(27)16-5-4-15(25(29)30)10-17(16)23)22(28)32-11-18(26)13-3-6-19-14(9-13)7-8-31-19/h3-6,9-10,12,20H,7-8,11H2,1-2H3,(H,24,27)/t20-/m0/s1. The molecule has 168 valence electrons. The third-order valence-corrected chi connectivity index (χ3v) is 5.28. The molecule has 1 amide bonds. The van der Waals surface area contributed by atoms with Gasteiger partial charge in [-0.3, -0.25) is 19.7 Å². The number of halogens is 1. The van der Waals surface area contributed by atoms with Gasteiger partial charge in [-0.25, -0.2) is 4.79 Å². The van der Waals surface area contributed by atoms with Crippen LogP contribution in [0.25, 0.3) is 0 Å². The van der Waals surface area contributed by atoms with Gasteiger partial charge in [-0.1, -0.05) is 25.4 Å². The first-order valence-electron chi connectivity index (χ1n) is 9.87. The summed E-state index contributed by atoms with van der Waals surface area (Å²) in [7, 11) is 0. The number of non-ortho nitro benzene ring substituents is 1. The van der Waals surface area contributed by atoms with Gasteiger partial charge >= 0.3 is 5.97 Å². The van der Waals surface area contributed by atoms with Crippen LogP contribution in [0.5, 0.6) is 5.75 Å². The van der Waals surface area contributed by atoms with Crippen LogP contribution in [0.4, 0.5) is 5.69 Å². The summed E-state index contributed by atoms with van der Waals surface area (Å²) in [5.41, 5.74) is 1.05. The van der Waals surface area contributed by atoms with Crippen molar-refractivity contribution in [1.82, 2.24) is 5.32 Å². The molecule has 0 aliphatic carbocycles. The van der Waals surface area contributed by atoms with E-state index in [-0.39, 0.29) is 28.0 Å². The Balaban J connectivity index is 1.63. The molecule has 0 bridgehead atoms. The Bertz CT molecular complexity index is 1080. The second-order valence-corrected chi connectivity index (χ2v) is 7.98. The molecule has 2 aromatic rings. The number of esters is 1. The molecule has 1 aliphatic rings. The molecule has 1 N–H and O–H groups in total. The van der Waals surface area contributed by atoms with Crippen molar-refractivity contribution >= 4 is 34.9 Å². The van der Waals surface area contributed by atoms with Crippen LogP contribution in [-0.4, -0.2) is 41.8 Å². The lowest BCUT2D eigenvalue weighted by molar-refractivity contribution is -0.384. The van der Waals surface area contributed by atoms with Crippen LogP contribution >= 0.6 is 11.6 Å². The van der Waals surface area contributed by atoms with Crippen molar-refractivity contribution in [2.75, 3.05) is 13.2 Å². The summed E-state index contributed by atoms with van der Waals surface area (Å²) < 4.78 is 10.6. The lowest BCUT2D eigenvalue weighted by Gasteiger charge is -2.21. The largest absolute Gasteiger partial charge is 0.493 e. The van der Waals surface area contributed by atoms with Crippen molar-refractivity contribution in [2.45, 2.75) is 26.3 Å². The first-order valence-corrected chi connectivity index (χ1v) is 10.3. The van der Waals surface area contributed by atoms with E-state index in [1.54, 1.807) is 32.0 Å². The number of carbonyl (C=O) groups excluding carboxylic acids is 3. The molecular weight excluding hydrogens is 440 g/mol. The lowest BCUT2D eigenvalue weighted by Crippen LogP contribution is -2.45. The number of benzene rings is 2. The molecule has 0 saturated carbocycles. The topological polar surface area (TPSA) is 125 Å². The Morgan fingerprint density at radius 2 is 1.97 bits per heavy atom. The number of nitro benzene ring substituents is 1. The van der Waals surface area contributed by atoms with Crippen molar-refractivity contribution in [2.24, 2.45) is 5.92 Å². The highest BCUT2D eigenvalue weighted by Gasteiger charge is 2.28. The van der Waals surface area contributed by atoms with Gasteiger partial charge in [0.1, 0.15) is 11.8 Å². The van der Waals surface area contributed by atoms with Crippen LogP contribution in [0.2, 0.25) is 5.02 Å². The van der Waals surface area contributed by atoms with E-state index >= 15 is 0 Å². The van der Waals surface area contributed by atoms with Crippen LogP contribution in [0, 0.1) is 16.0 Å². The minimum absolute atomic E-state index is 0.0212.